The van der Waals surface area contributed by atoms with Crippen molar-refractivity contribution in [3.05, 3.63) is 86.5 Å². The van der Waals surface area contributed by atoms with Crippen molar-refractivity contribution in [1.29, 1.82) is 0 Å². The van der Waals surface area contributed by atoms with Gasteiger partial charge in [0.1, 0.15) is 23.5 Å². The molecule has 222 valence electrons. The molecule has 3 rings (SSSR count). The first-order valence-corrected chi connectivity index (χ1v) is 13.1. The number of carbonyl (C=O) groups is 1. The predicted octanol–water partition coefficient (Wildman–Crippen LogP) is 4.63. The Balaban J connectivity index is 2.51. The number of aromatic hydroxyl groups is 3. The molecule has 0 radical (unpaired) electrons. The Hall–Kier alpha value is -3.47. The Morgan fingerprint density at radius 2 is 0.780 bits per heavy atom. The predicted molar refractivity (Wildman–Crippen MR) is 153 cm³/mol. The van der Waals surface area contributed by atoms with Crippen molar-refractivity contribution in [3.8, 4) is 17.2 Å². The van der Waals surface area contributed by atoms with E-state index in [9.17, 15) is 20.1 Å². The number of rotatable bonds is 15. The molecular weight excluding hydrogens is 528 g/mol. The van der Waals surface area contributed by atoms with E-state index in [1.807, 2.05) is 37.3 Å². The van der Waals surface area contributed by atoms with E-state index in [0.29, 0.717) is 33.4 Å². The normalized spacial score (nSPS) is 11.7. The number of ether oxygens (including phenoxy) is 5. The van der Waals surface area contributed by atoms with E-state index in [4.69, 9.17) is 23.7 Å². The van der Waals surface area contributed by atoms with Gasteiger partial charge in [0.25, 0.3) is 0 Å². The molecule has 0 aliphatic heterocycles. The minimum Gasteiger partial charge on any atom is -0.507 e. The number of phenols is 3. The molecule has 0 bridgehead atoms. The second kappa shape index (κ2) is 14.4. The van der Waals surface area contributed by atoms with Crippen LogP contribution in [0.15, 0.2) is 36.4 Å². The van der Waals surface area contributed by atoms with E-state index in [1.165, 1.54) is 7.11 Å². The zero-order chi connectivity index (χ0) is 30.2. The van der Waals surface area contributed by atoms with Gasteiger partial charge in [0.15, 0.2) is 0 Å². The molecule has 3 aromatic rings. The first-order valence-electron chi connectivity index (χ1n) is 13.1. The first-order chi connectivity index (χ1) is 19.7. The summed E-state index contributed by atoms with van der Waals surface area (Å²) in [6.07, 6.45) is 0.750. The SMILES string of the molecule is COCc1cc(C(C)(c2cc(COC)c(O)c(COC)c2)c2cc(COC)c(O)c(COC)c2)cc(CC=O)c1O. The number of phenolic OH excluding ortho intramolecular Hbond substituents is 3. The molecule has 0 amide bonds. The van der Waals surface area contributed by atoms with Crippen LogP contribution in [0.25, 0.3) is 0 Å². The lowest BCUT2D eigenvalue weighted by Gasteiger charge is -2.35. The second-order valence-corrected chi connectivity index (χ2v) is 10.1. The lowest BCUT2D eigenvalue weighted by Crippen LogP contribution is -2.27. The lowest BCUT2D eigenvalue weighted by molar-refractivity contribution is -0.107. The van der Waals surface area contributed by atoms with Gasteiger partial charge < -0.3 is 43.8 Å². The third-order valence-electron chi connectivity index (χ3n) is 7.34. The fraction of sp³-hybridized carbons (Fsp3) is 0.406. The number of methoxy groups -OCH3 is 5. The van der Waals surface area contributed by atoms with Gasteiger partial charge in [0, 0.05) is 80.8 Å². The molecule has 9 heteroatoms. The van der Waals surface area contributed by atoms with Crippen LogP contribution >= 0.6 is 0 Å². The first kappa shape index (κ1) is 32.0. The van der Waals surface area contributed by atoms with E-state index in [2.05, 4.69) is 0 Å². The van der Waals surface area contributed by atoms with Gasteiger partial charge in [-0.25, -0.2) is 0 Å². The van der Waals surface area contributed by atoms with Crippen LogP contribution in [-0.4, -0.2) is 57.2 Å². The topological polar surface area (TPSA) is 124 Å². The highest BCUT2D eigenvalue weighted by molar-refractivity contribution is 5.63. The van der Waals surface area contributed by atoms with Crippen molar-refractivity contribution in [3.63, 3.8) is 0 Å². The fourth-order valence-corrected chi connectivity index (χ4v) is 5.22. The summed E-state index contributed by atoms with van der Waals surface area (Å²) in [5.41, 5.74) is 4.66. The van der Waals surface area contributed by atoms with Crippen LogP contribution < -0.4 is 0 Å². The van der Waals surface area contributed by atoms with Gasteiger partial charge >= 0.3 is 0 Å². The summed E-state index contributed by atoms with van der Waals surface area (Å²) in [7, 11) is 7.75. The molecule has 3 aromatic carbocycles. The molecule has 3 N–H and O–H groups in total. The van der Waals surface area contributed by atoms with E-state index in [-0.39, 0.29) is 56.7 Å². The van der Waals surface area contributed by atoms with Gasteiger partial charge in [-0.2, -0.15) is 0 Å². The quantitative estimate of drug-likeness (QED) is 0.178. The summed E-state index contributed by atoms with van der Waals surface area (Å²) in [5, 5.41) is 32.9. The van der Waals surface area contributed by atoms with E-state index >= 15 is 0 Å². The maximum atomic E-state index is 11.6. The standard InChI is InChI=1S/C32H40O9/c1-32(26-9-20(7-8-33)29(34)21(10-26)15-37-2,27-11-22(16-38-3)30(35)23(12-27)17-39-4)28-13-24(18-40-5)31(36)25(14-28)19-41-6/h8-14,34-36H,7,15-19H2,1-6H3. The molecule has 9 nitrogen and oxygen atoms in total. The molecule has 0 atom stereocenters. The monoisotopic (exact) mass is 568 g/mol. The number of carbonyl (C=O) groups excluding carboxylic acids is 1. The molecule has 0 aliphatic carbocycles. The fourth-order valence-electron chi connectivity index (χ4n) is 5.22. The summed E-state index contributed by atoms with van der Waals surface area (Å²) in [4.78, 5) is 11.6. The summed E-state index contributed by atoms with van der Waals surface area (Å²) < 4.78 is 27.0. The van der Waals surface area contributed by atoms with E-state index < -0.39 is 5.41 Å². The van der Waals surface area contributed by atoms with Gasteiger partial charge in [-0.15, -0.1) is 0 Å². The molecule has 0 heterocycles. The van der Waals surface area contributed by atoms with Crippen molar-refractivity contribution >= 4 is 6.29 Å². The van der Waals surface area contributed by atoms with Crippen LogP contribution in [-0.2, 0) is 73.3 Å². The Kier molecular flexibility index (Phi) is 11.3. The molecule has 0 unspecified atom stereocenters. The zero-order valence-electron chi connectivity index (χ0n) is 24.6. The Bertz CT molecular complexity index is 1230. The highest BCUT2D eigenvalue weighted by Crippen LogP contribution is 2.45. The van der Waals surface area contributed by atoms with Crippen LogP contribution in [0.3, 0.4) is 0 Å². The number of aldehydes is 1. The minimum absolute atomic E-state index is 0.00162. The molecule has 0 aromatic heterocycles. The van der Waals surface area contributed by atoms with Crippen LogP contribution in [0.4, 0.5) is 0 Å². The Morgan fingerprint density at radius 1 is 0.537 bits per heavy atom. The van der Waals surface area contributed by atoms with Crippen LogP contribution in [0.1, 0.15) is 57.0 Å². The van der Waals surface area contributed by atoms with Crippen LogP contribution in [0.2, 0.25) is 0 Å². The maximum Gasteiger partial charge on any atom is 0.126 e. The summed E-state index contributed by atoms with van der Waals surface area (Å²) in [5.74, 6) is 0.165. The summed E-state index contributed by atoms with van der Waals surface area (Å²) >= 11 is 0. The summed E-state index contributed by atoms with van der Waals surface area (Å²) in [6, 6.07) is 11.2. The van der Waals surface area contributed by atoms with Crippen molar-refractivity contribution in [2.75, 3.05) is 35.5 Å². The van der Waals surface area contributed by atoms with E-state index in [1.54, 1.807) is 34.5 Å². The van der Waals surface area contributed by atoms with Crippen molar-refractivity contribution < 1.29 is 43.8 Å². The summed E-state index contributed by atoms with van der Waals surface area (Å²) in [6.45, 7) is 2.78. The van der Waals surface area contributed by atoms with Gasteiger partial charge in [0.05, 0.1) is 33.0 Å². The molecule has 0 saturated heterocycles. The zero-order valence-corrected chi connectivity index (χ0v) is 24.6. The molecule has 0 saturated carbocycles. The number of hydrogen-bond acceptors (Lipinski definition) is 9. The second-order valence-electron chi connectivity index (χ2n) is 10.1. The van der Waals surface area contributed by atoms with Gasteiger partial charge in [0.2, 0.25) is 0 Å². The highest BCUT2D eigenvalue weighted by atomic mass is 16.5. The molecular formula is C32H40O9. The average molecular weight is 569 g/mol. The smallest absolute Gasteiger partial charge is 0.126 e. The third-order valence-corrected chi connectivity index (χ3v) is 7.34. The Morgan fingerprint density at radius 3 is 1.02 bits per heavy atom. The van der Waals surface area contributed by atoms with Crippen LogP contribution in [0.5, 0.6) is 17.2 Å². The lowest BCUT2D eigenvalue weighted by atomic mass is 9.69. The highest BCUT2D eigenvalue weighted by Gasteiger charge is 2.35. The molecule has 0 aliphatic rings. The van der Waals surface area contributed by atoms with Gasteiger partial charge in [-0.3, -0.25) is 0 Å². The van der Waals surface area contributed by atoms with Crippen molar-refractivity contribution in [1.82, 2.24) is 0 Å². The average Bonchev–Trinajstić information content (AvgIpc) is 2.95. The number of benzene rings is 3. The Labute approximate surface area is 241 Å². The van der Waals surface area contributed by atoms with Gasteiger partial charge in [-0.05, 0) is 53.9 Å². The van der Waals surface area contributed by atoms with E-state index in [0.717, 1.165) is 23.0 Å². The molecule has 0 spiro atoms. The van der Waals surface area contributed by atoms with Crippen LogP contribution in [0, 0.1) is 0 Å². The maximum absolute atomic E-state index is 11.6. The molecule has 0 fully saturated rings. The molecule has 41 heavy (non-hydrogen) atoms. The third kappa shape index (κ3) is 6.72. The van der Waals surface area contributed by atoms with Gasteiger partial charge in [-0.1, -0.05) is 6.07 Å². The number of hydrogen-bond donors (Lipinski definition) is 3. The van der Waals surface area contributed by atoms with Crippen molar-refractivity contribution in [2.45, 2.75) is 51.8 Å². The van der Waals surface area contributed by atoms with Crippen molar-refractivity contribution in [2.24, 2.45) is 0 Å². The largest absolute Gasteiger partial charge is 0.507 e. The minimum atomic E-state index is -0.939.